The second kappa shape index (κ2) is 6.12. The Morgan fingerprint density at radius 3 is 2.06 bits per heavy atom. The standard InChI is InChI=1S/C13H21NO.ClH/c1-5-8(2)12(14)11-6-9(3)13(15)10(4)7-11;/h6-8,12,15H,5,14H2,1-4H3;1H/t8?,12-;/m1./s1. The maximum atomic E-state index is 9.67. The predicted octanol–water partition coefficient (Wildman–Crippen LogP) is 3.48. The van der Waals surface area contributed by atoms with Crippen LogP contribution >= 0.6 is 12.4 Å². The SMILES string of the molecule is CCC(C)[C@@H](N)c1cc(C)c(O)c(C)c1.Cl. The van der Waals surface area contributed by atoms with Crippen molar-refractivity contribution >= 4 is 12.4 Å². The van der Waals surface area contributed by atoms with Crippen molar-refractivity contribution < 1.29 is 5.11 Å². The van der Waals surface area contributed by atoms with Crippen LogP contribution in [0.5, 0.6) is 5.75 Å². The van der Waals surface area contributed by atoms with Gasteiger partial charge in [-0.05, 0) is 36.5 Å². The zero-order chi connectivity index (χ0) is 11.6. The Bertz CT molecular complexity index is 329. The number of hydrogen-bond acceptors (Lipinski definition) is 2. The van der Waals surface area contributed by atoms with Crippen molar-refractivity contribution in [1.29, 1.82) is 0 Å². The van der Waals surface area contributed by atoms with Crippen LogP contribution in [0.4, 0.5) is 0 Å². The average molecular weight is 244 g/mol. The van der Waals surface area contributed by atoms with E-state index in [1.807, 2.05) is 26.0 Å². The fourth-order valence-corrected chi connectivity index (χ4v) is 1.76. The summed E-state index contributed by atoms with van der Waals surface area (Å²) in [7, 11) is 0. The lowest BCUT2D eigenvalue weighted by Crippen LogP contribution is -2.18. The maximum absolute atomic E-state index is 9.67. The van der Waals surface area contributed by atoms with Gasteiger partial charge in [-0.3, -0.25) is 0 Å². The highest BCUT2D eigenvalue weighted by Crippen LogP contribution is 2.28. The molecule has 16 heavy (non-hydrogen) atoms. The van der Waals surface area contributed by atoms with Crippen LogP contribution in [0.2, 0.25) is 0 Å². The molecule has 0 fully saturated rings. The number of aryl methyl sites for hydroxylation is 2. The summed E-state index contributed by atoms with van der Waals surface area (Å²) in [4.78, 5) is 0. The van der Waals surface area contributed by atoms with E-state index in [4.69, 9.17) is 5.73 Å². The van der Waals surface area contributed by atoms with Gasteiger partial charge in [0.15, 0.2) is 0 Å². The molecular formula is C13H22ClNO. The van der Waals surface area contributed by atoms with Gasteiger partial charge in [0.1, 0.15) is 5.75 Å². The highest BCUT2D eigenvalue weighted by atomic mass is 35.5. The van der Waals surface area contributed by atoms with Crippen LogP contribution in [0.15, 0.2) is 12.1 Å². The quantitative estimate of drug-likeness (QED) is 0.854. The minimum absolute atomic E-state index is 0. The van der Waals surface area contributed by atoms with Gasteiger partial charge < -0.3 is 10.8 Å². The fraction of sp³-hybridized carbons (Fsp3) is 0.538. The summed E-state index contributed by atoms with van der Waals surface area (Å²) in [5.41, 5.74) is 9.09. The summed E-state index contributed by atoms with van der Waals surface area (Å²) in [5.74, 6) is 0.850. The number of hydrogen-bond donors (Lipinski definition) is 2. The summed E-state index contributed by atoms with van der Waals surface area (Å²) in [6.45, 7) is 8.12. The molecule has 92 valence electrons. The van der Waals surface area contributed by atoms with E-state index in [2.05, 4.69) is 13.8 Å². The van der Waals surface area contributed by atoms with E-state index in [9.17, 15) is 5.11 Å². The second-order valence-electron chi connectivity index (χ2n) is 4.41. The summed E-state index contributed by atoms with van der Waals surface area (Å²) >= 11 is 0. The molecule has 0 aliphatic rings. The molecule has 0 aromatic heterocycles. The molecule has 1 unspecified atom stereocenters. The number of phenolic OH excluding ortho intramolecular Hbond substituents is 1. The Hall–Kier alpha value is -0.730. The summed E-state index contributed by atoms with van der Waals surface area (Å²) in [6, 6.07) is 4.03. The molecule has 0 radical (unpaired) electrons. The van der Waals surface area contributed by atoms with Crippen LogP contribution in [0.1, 0.15) is 43.0 Å². The number of aromatic hydroxyl groups is 1. The third-order valence-corrected chi connectivity index (χ3v) is 3.16. The van der Waals surface area contributed by atoms with Crippen LogP contribution in [0.3, 0.4) is 0 Å². The summed E-state index contributed by atoms with van der Waals surface area (Å²) < 4.78 is 0. The summed E-state index contributed by atoms with van der Waals surface area (Å²) in [6.07, 6.45) is 1.07. The first-order valence-corrected chi connectivity index (χ1v) is 5.53. The molecule has 0 aliphatic carbocycles. The van der Waals surface area contributed by atoms with E-state index in [1.54, 1.807) is 0 Å². The smallest absolute Gasteiger partial charge is 0.121 e. The topological polar surface area (TPSA) is 46.2 Å². The average Bonchev–Trinajstić information content (AvgIpc) is 2.23. The van der Waals surface area contributed by atoms with E-state index in [0.717, 1.165) is 23.1 Å². The normalized spacial score (nSPS) is 14.1. The lowest BCUT2D eigenvalue weighted by Gasteiger charge is -2.20. The monoisotopic (exact) mass is 243 g/mol. The predicted molar refractivity (Wildman–Crippen MR) is 71.2 cm³/mol. The Morgan fingerprint density at radius 2 is 1.69 bits per heavy atom. The Morgan fingerprint density at radius 1 is 1.25 bits per heavy atom. The first-order valence-electron chi connectivity index (χ1n) is 5.53. The van der Waals surface area contributed by atoms with Crippen molar-refractivity contribution in [3.8, 4) is 5.75 Å². The van der Waals surface area contributed by atoms with Crippen LogP contribution in [0, 0.1) is 19.8 Å². The highest BCUT2D eigenvalue weighted by molar-refractivity contribution is 5.85. The van der Waals surface area contributed by atoms with Crippen molar-refractivity contribution in [3.05, 3.63) is 28.8 Å². The van der Waals surface area contributed by atoms with E-state index >= 15 is 0 Å². The van der Waals surface area contributed by atoms with Gasteiger partial charge in [-0.15, -0.1) is 12.4 Å². The van der Waals surface area contributed by atoms with Crippen molar-refractivity contribution in [2.24, 2.45) is 11.7 Å². The zero-order valence-corrected chi connectivity index (χ0v) is 11.3. The van der Waals surface area contributed by atoms with Crippen LogP contribution in [0.25, 0.3) is 0 Å². The van der Waals surface area contributed by atoms with Crippen LogP contribution in [-0.4, -0.2) is 5.11 Å². The molecule has 1 rings (SSSR count). The third kappa shape index (κ3) is 3.13. The molecule has 0 aliphatic heterocycles. The lowest BCUT2D eigenvalue weighted by molar-refractivity contribution is 0.450. The van der Waals surface area contributed by atoms with Gasteiger partial charge in [-0.2, -0.15) is 0 Å². The Balaban J connectivity index is 0.00000225. The van der Waals surface area contributed by atoms with Crippen LogP contribution < -0.4 is 5.73 Å². The molecule has 0 spiro atoms. The minimum atomic E-state index is 0. The minimum Gasteiger partial charge on any atom is -0.507 e. The van der Waals surface area contributed by atoms with Gasteiger partial charge in [-0.25, -0.2) is 0 Å². The number of rotatable bonds is 3. The fourth-order valence-electron chi connectivity index (χ4n) is 1.76. The Labute approximate surface area is 104 Å². The largest absolute Gasteiger partial charge is 0.507 e. The number of halogens is 1. The molecule has 2 atom stereocenters. The maximum Gasteiger partial charge on any atom is 0.121 e. The molecule has 0 bridgehead atoms. The molecule has 0 amide bonds. The molecule has 3 N–H and O–H groups in total. The second-order valence-corrected chi connectivity index (χ2v) is 4.41. The molecule has 0 saturated heterocycles. The molecule has 1 aromatic carbocycles. The zero-order valence-electron chi connectivity index (χ0n) is 10.4. The number of phenols is 1. The van der Waals surface area contributed by atoms with Gasteiger partial charge in [0.05, 0.1) is 0 Å². The van der Waals surface area contributed by atoms with Gasteiger partial charge in [-0.1, -0.05) is 32.4 Å². The number of nitrogens with two attached hydrogens (primary N) is 1. The first kappa shape index (κ1) is 15.3. The molecular weight excluding hydrogens is 222 g/mol. The van der Waals surface area contributed by atoms with Crippen molar-refractivity contribution in [2.75, 3.05) is 0 Å². The van der Waals surface area contributed by atoms with Gasteiger partial charge in [0.2, 0.25) is 0 Å². The van der Waals surface area contributed by atoms with E-state index in [-0.39, 0.29) is 18.4 Å². The van der Waals surface area contributed by atoms with E-state index in [1.165, 1.54) is 0 Å². The van der Waals surface area contributed by atoms with Crippen LogP contribution in [-0.2, 0) is 0 Å². The molecule has 0 heterocycles. The molecule has 2 nitrogen and oxygen atoms in total. The first-order chi connectivity index (χ1) is 6.97. The van der Waals surface area contributed by atoms with E-state index in [0.29, 0.717) is 11.7 Å². The van der Waals surface area contributed by atoms with Gasteiger partial charge in [0.25, 0.3) is 0 Å². The Kier molecular flexibility index (Phi) is 5.84. The van der Waals surface area contributed by atoms with Crippen molar-refractivity contribution in [1.82, 2.24) is 0 Å². The van der Waals surface area contributed by atoms with E-state index < -0.39 is 0 Å². The van der Waals surface area contributed by atoms with Gasteiger partial charge >= 0.3 is 0 Å². The third-order valence-electron chi connectivity index (χ3n) is 3.16. The highest BCUT2D eigenvalue weighted by Gasteiger charge is 2.15. The van der Waals surface area contributed by atoms with Gasteiger partial charge in [0, 0.05) is 6.04 Å². The van der Waals surface area contributed by atoms with Crippen molar-refractivity contribution in [2.45, 2.75) is 40.2 Å². The molecule has 3 heteroatoms. The summed E-state index contributed by atoms with van der Waals surface area (Å²) in [5, 5.41) is 9.67. The molecule has 1 aromatic rings. The molecule has 0 saturated carbocycles. The number of benzene rings is 1. The van der Waals surface area contributed by atoms with Crippen molar-refractivity contribution in [3.63, 3.8) is 0 Å². The lowest BCUT2D eigenvalue weighted by atomic mass is 9.91.